The van der Waals surface area contributed by atoms with Crippen molar-refractivity contribution in [2.45, 2.75) is 26.8 Å². The van der Waals surface area contributed by atoms with E-state index in [0.29, 0.717) is 23.3 Å². The third-order valence-electron chi connectivity index (χ3n) is 4.71. The Labute approximate surface area is 154 Å². The molecule has 4 aromatic rings. The van der Waals surface area contributed by atoms with Crippen molar-refractivity contribution in [2.24, 2.45) is 0 Å². The van der Waals surface area contributed by atoms with Crippen LogP contribution in [0.3, 0.4) is 0 Å². The van der Waals surface area contributed by atoms with Gasteiger partial charge in [-0.15, -0.1) is 0 Å². The number of rotatable bonds is 4. The molecule has 136 valence electrons. The summed E-state index contributed by atoms with van der Waals surface area (Å²) in [5, 5.41) is 4.56. The van der Waals surface area contributed by atoms with Crippen LogP contribution in [0.25, 0.3) is 21.9 Å². The van der Waals surface area contributed by atoms with Crippen LogP contribution in [-0.4, -0.2) is 10.9 Å². The molecule has 0 atom stereocenters. The second kappa shape index (κ2) is 6.72. The first-order valence-electron chi connectivity index (χ1n) is 8.63. The van der Waals surface area contributed by atoms with Gasteiger partial charge in [-0.25, -0.2) is 4.79 Å². The van der Waals surface area contributed by atoms with Gasteiger partial charge in [0.15, 0.2) is 0 Å². The second-order valence-corrected chi connectivity index (χ2v) is 6.53. The minimum atomic E-state index is -0.504. The van der Waals surface area contributed by atoms with E-state index in [2.05, 4.69) is 10.3 Å². The summed E-state index contributed by atoms with van der Waals surface area (Å²) in [6.07, 6.45) is 3.30. The maximum absolute atomic E-state index is 12.4. The molecule has 3 heterocycles. The molecule has 0 radical (unpaired) electrons. The van der Waals surface area contributed by atoms with E-state index in [9.17, 15) is 9.59 Å². The van der Waals surface area contributed by atoms with Gasteiger partial charge in [0.2, 0.25) is 5.91 Å². The topological polar surface area (TPSA) is 85.3 Å². The van der Waals surface area contributed by atoms with Gasteiger partial charge in [-0.2, -0.15) is 0 Å². The largest absolute Gasteiger partial charge is 0.464 e. The highest BCUT2D eigenvalue weighted by Gasteiger charge is 2.16. The van der Waals surface area contributed by atoms with Crippen molar-refractivity contribution in [2.75, 3.05) is 0 Å². The van der Waals surface area contributed by atoms with Gasteiger partial charge in [0, 0.05) is 23.0 Å². The quantitative estimate of drug-likeness (QED) is 0.562. The van der Waals surface area contributed by atoms with Crippen LogP contribution >= 0.6 is 0 Å². The summed E-state index contributed by atoms with van der Waals surface area (Å²) in [5.74, 6) is -0.254. The monoisotopic (exact) mass is 362 g/mol. The molecule has 1 amide bonds. The van der Waals surface area contributed by atoms with E-state index in [1.54, 1.807) is 18.5 Å². The van der Waals surface area contributed by atoms with Gasteiger partial charge in [-0.3, -0.25) is 9.78 Å². The first-order chi connectivity index (χ1) is 13.0. The van der Waals surface area contributed by atoms with E-state index in [1.165, 1.54) is 0 Å². The van der Waals surface area contributed by atoms with Crippen molar-refractivity contribution in [1.82, 2.24) is 10.3 Å². The van der Waals surface area contributed by atoms with E-state index in [-0.39, 0.29) is 12.3 Å². The minimum Gasteiger partial charge on any atom is -0.464 e. The molecule has 0 unspecified atom stereocenters. The van der Waals surface area contributed by atoms with Crippen LogP contribution in [0.4, 0.5) is 0 Å². The first kappa shape index (κ1) is 17.0. The lowest BCUT2D eigenvalue weighted by molar-refractivity contribution is -0.120. The van der Waals surface area contributed by atoms with Gasteiger partial charge in [-0.05, 0) is 43.2 Å². The van der Waals surface area contributed by atoms with Gasteiger partial charge in [0.05, 0.1) is 30.5 Å². The number of carbonyl (C=O) groups is 1. The SMILES string of the molecule is Cc1coc2cc3oc(=O)c(CC(=O)NCc4ccccn4)c(C)c3cc12. The van der Waals surface area contributed by atoms with Crippen molar-refractivity contribution in [1.29, 1.82) is 0 Å². The fourth-order valence-electron chi connectivity index (χ4n) is 3.16. The van der Waals surface area contributed by atoms with Crippen LogP contribution in [0, 0.1) is 13.8 Å². The van der Waals surface area contributed by atoms with E-state index in [0.717, 1.165) is 27.6 Å². The highest BCUT2D eigenvalue weighted by molar-refractivity contribution is 5.96. The summed E-state index contributed by atoms with van der Waals surface area (Å²) in [6, 6.07) is 9.16. The average molecular weight is 362 g/mol. The lowest BCUT2D eigenvalue weighted by Crippen LogP contribution is -2.27. The third-order valence-corrected chi connectivity index (χ3v) is 4.71. The minimum absolute atomic E-state index is 0.0423. The predicted octanol–water partition coefficient (Wildman–Crippen LogP) is 3.41. The van der Waals surface area contributed by atoms with E-state index >= 15 is 0 Å². The smallest absolute Gasteiger partial charge is 0.340 e. The number of hydrogen-bond acceptors (Lipinski definition) is 5. The lowest BCUT2D eigenvalue weighted by atomic mass is 10.0. The molecule has 0 bridgehead atoms. The maximum Gasteiger partial charge on any atom is 0.340 e. The molecule has 6 nitrogen and oxygen atoms in total. The zero-order valence-electron chi connectivity index (χ0n) is 15.0. The molecule has 0 spiro atoms. The fraction of sp³-hybridized carbons (Fsp3) is 0.190. The van der Waals surface area contributed by atoms with Crippen LogP contribution in [0.2, 0.25) is 0 Å². The van der Waals surface area contributed by atoms with Crippen molar-refractivity contribution in [3.8, 4) is 0 Å². The number of benzene rings is 1. The summed E-state index contributed by atoms with van der Waals surface area (Å²) in [6.45, 7) is 4.10. The summed E-state index contributed by atoms with van der Waals surface area (Å²) < 4.78 is 10.9. The standard InChI is InChI=1S/C21H18N2O4/c1-12-11-26-18-9-19-16(7-15(12)18)13(2)17(21(25)27-19)8-20(24)23-10-14-5-3-4-6-22-14/h3-7,9,11H,8,10H2,1-2H3,(H,23,24). The number of nitrogens with zero attached hydrogens (tertiary/aromatic N) is 1. The molecule has 0 aliphatic carbocycles. The summed E-state index contributed by atoms with van der Waals surface area (Å²) >= 11 is 0. The number of carbonyl (C=O) groups excluding carboxylic acids is 1. The Kier molecular flexibility index (Phi) is 4.24. The molecule has 4 rings (SSSR count). The Morgan fingerprint density at radius 1 is 1.15 bits per heavy atom. The highest BCUT2D eigenvalue weighted by Crippen LogP contribution is 2.28. The molecule has 0 aliphatic heterocycles. The molecule has 1 N–H and O–H groups in total. The molecule has 1 aromatic carbocycles. The zero-order valence-corrected chi connectivity index (χ0v) is 15.0. The number of hydrogen-bond donors (Lipinski definition) is 1. The second-order valence-electron chi connectivity index (χ2n) is 6.53. The number of pyridine rings is 1. The van der Waals surface area contributed by atoms with Crippen molar-refractivity contribution in [3.05, 3.63) is 75.6 Å². The Morgan fingerprint density at radius 3 is 2.78 bits per heavy atom. The number of furan rings is 1. The van der Waals surface area contributed by atoms with Crippen LogP contribution < -0.4 is 10.9 Å². The van der Waals surface area contributed by atoms with Crippen LogP contribution in [0.5, 0.6) is 0 Å². The maximum atomic E-state index is 12.4. The number of nitrogens with one attached hydrogen (secondary N) is 1. The van der Waals surface area contributed by atoms with Gasteiger partial charge in [0.25, 0.3) is 0 Å². The van der Waals surface area contributed by atoms with Gasteiger partial charge in [0.1, 0.15) is 11.2 Å². The molecule has 6 heteroatoms. The van der Waals surface area contributed by atoms with Crippen LogP contribution in [0.15, 0.2) is 56.4 Å². The van der Waals surface area contributed by atoms with E-state index < -0.39 is 5.63 Å². The summed E-state index contributed by atoms with van der Waals surface area (Å²) in [5.41, 5.74) is 3.49. The van der Waals surface area contributed by atoms with Crippen molar-refractivity contribution < 1.29 is 13.6 Å². The molecule has 0 saturated carbocycles. The fourth-order valence-corrected chi connectivity index (χ4v) is 3.16. The molecular weight excluding hydrogens is 344 g/mol. The molecular formula is C21H18N2O4. The van der Waals surface area contributed by atoms with E-state index in [4.69, 9.17) is 8.83 Å². The van der Waals surface area contributed by atoms with Crippen LogP contribution in [0.1, 0.15) is 22.4 Å². The molecule has 3 aromatic heterocycles. The van der Waals surface area contributed by atoms with Crippen molar-refractivity contribution in [3.63, 3.8) is 0 Å². The van der Waals surface area contributed by atoms with Gasteiger partial charge in [-0.1, -0.05) is 6.07 Å². The Hall–Kier alpha value is -3.41. The number of fused-ring (bicyclic) bond motifs is 2. The summed E-state index contributed by atoms with van der Waals surface area (Å²) in [7, 11) is 0. The van der Waals surface area contributed by atoms with E-state index in [1.807, 2.05) is 38.1 Å². The molecule has 0 aliphatic rings. The highest BCUT2D eigenvalue weighted by atomic mass is 16.4. The van der Waals surface area contributed by atoms with Crippen LogP contribution in [-0.2, 0) is 17.8 Å². The number of aryl methyl sites for hydroxylation is 2. The van der Waals surface area contributed by atoms with Gasteiger partial charge >= 0.3 is 5.63 Å². The average Bonchev–Trinajstić information content (AvgIpc) is 3.03. The predicted molar refractivity (Wildman–Crippen MR) is 102 cm³/mol. The number of amides is 1. The Morgan fingerprint density at radius 2 is 2.00 bits per heavy atom. The molecule has 27 heavy (non-hydrogen) atoms. The Bertz CT molecular complexity index is 1210. The normalized spacial score (nSPS) is 11.2. The van der Waals surface area contributed by atoms with Gasteiger partial charge < -0.3 is 14.2 Å². The van der Waals surface area contributed by atoms with Crippen molar-refractivity contribution >= 4 is 27.8 Å². The third kappa shape index (κ3) is 3.21. The Balaban J connectivity index is 1.64. The zero-order chi connectivity index (χ0) is 19.0. The molecule has 0 fully saturated rings. The first-order valence-corrected chi connectivity index (χ1v) is 8.63. The molecule has 0 saturated heterocycles. The summed E-state index contributed by atoms with van der Waals surface area (Å²) in [4.78, 5) is 28.9. The lowest BCUT2D eigenvalue weighted by Gasteiger charge is -2.09. The number of aromatic nitrogens is 1.